The Hall–Kier alpha value is -3.33. The fourth-order valence-corrected chi connectivity index (χ4v) is 3.52. The molecule has 2 aromatic carbocycles. The molecule has 0 aliphatic heterocycles. The SMILES string of the molecule is O=C(Cn1[nH]c(=O)c2ccccc2c1=O)Nc1nc2ccc(F)cc2s1. The summed E-state index contributed by atoms with van der Waals surface area (Å²) in [5.41, 5.74) is -0.367. The number of benzene rings is 2. The molecule has 4 rings (SSSR count). The fraction of sp³-hybridized carbons (Fsp3) is 0.0588. The Bertz CT molecular complexity index is 1270. The molecule has 0 bridgehead atoms. The first-order valence-corrected chi connectivity index (χ1v) is 8.41. The van der Waals surface area contributed by atoms with Gasteiger partial charge < -0.3 is 5.32 Å². The zero-order valence-electron chi connectivity index (χ0n) is 13.2. The van der Waals surface area contributed by atoms with Crippen LogP contribution in [-0.2, 0) is 11.3 Å². The standard InChI is InChI=1S/C17H11FN4O3S/c18-9-5-6-12-13(7-9)26-17(19-12)20-14(23)8-22-16(25)11-4-2-1-3-10(11)15(24)21-22/h1-7H,8H2,(H,21,24)(H,19,20,23). The van der Waals surface area contributed by atoms with Gasteiger partial charge in [-0.25, -0.2) is 14.1 Å². The third-order valence-corrected chi connectivity index (χ3v) is 4.72. The van der Waals surface area contributed by atoms with Crippen LogP contribution in [0.4, 0.5) is 9.52 Å². The molecule has 130 valence electrons. The summed E-state index contributed by atoms with van der Waals surface area (Å²) in [6.45, 7) is -0.372. The molecule has 0 fully saturated rings. The molecule has 4 aromatic rings. The van der Waals surface area contributed by atoms with E-state index in [-0.39, 0.29) is 28.3 Å². The Morgan fingerprint density at radius 2 is 1.96 bits per heavy atom. The zero-order chi connectivity index (χ0) is 18.3. The van der Waals surface area contributed by atoms with Crippen molar-refractivity contribution in [3.8, 4) is 0 Å². The topological polar surface area (TPSA) is 96.9 Å². The van der Waals surface area contributed by atoms with E-state index in [0.717, 1.165) is 16.0 Å². The van der Waals surface area contributed by atoms with Crippen LogP contribution in [0.25, 0.3) is 21.0 Å². The molecule has 26 heavy (non-hydrogen) atoms. The smallest absolute Gasteiger partial charge is 0.273 e. The Morgan fingerprint density at radius 1 is 1.19 bits per heavy atom. The number of fused-ring (bicyclic) bond motifs is 2. The molecule has 0 atom stereocenters. The number of H-pyrrole nitrogens is 1. The summed E-state index contributed by atoms with van der Waals surface area (Å²) in [5, 5.41) is 5.73. The average molecular weight is 370 g/mol. The predicted molar refractivity (Wildman–Crippen MR) is 97.0 cm³/mol. The van der Waals surface area contributed by atoms with Gasteiger partial charge in [0.05, 0.1) is 21.0 Å². The zero-order valence-corrected chi connectivity index (χ0v) is 14.0. The lowest BCUT2D eigenvalue weighted by Crippen LogP contribution is -2.34. The van der Waals surface area contributed by atoms with Crippen molar-refractivity contribution in [1.82, 2.24) is 14.8 Å². The predicted octanol–water partition coefficient (Wildman–Crippen LogP) is 2.08. The molecule has 0 aliphatic rings. The summed E-state index contributed by atoms with van der Waals surface area (Å²) in [6.07, 6.45) is 0. The number of amides is 1. The van der Waals surface area contributed by atoms with Crippen molar-refractivity contribution < 1.29 is 9.18 Å². The summed E-state index contributed by atoms with van der Waals surface area (Å²) >= 11 is 1.12. The Balaban J connectivity index is 1.61. The maximum Gasteiger partial charge on any atom is 0.273 e. The number of carbonyl (C=O) groups excluding carboxylic acids is 1. The number of nitrogens with one attached hydrogen (secondary N) is 2. The van der Waals surface area contributed by atoms with Gasteiger partial charge in [-0.3, -0.25) is 19.5 Å². The van der Waals surface area contributed by atoms with E-state index in [1.165, 1.54) is 24.3 Å². The molecule has 0 spiro atoms. The molecule has 0 saturated carbocycles. The number of aromatic nitrogens is 3. The van der Waals surface area contributed by atoms with Crippen LogP contribution >= 0.6 is 11.3 Å². The fourth-order valence-electron chi connectivity index (χ4n) is 2.61. The van der Waals surface area contributed by atoms with Gasteiger partial charge in [0.25, 0.3) is 11.1 Å². The first-order valence-electron chi connectivity index (χ1n) is 7.59. The van der Waals surface area contributed by atoms with Crippen molar-refractivity contribution in [2.24, 2.45) is 0 Å². The van der Waals surface area contributed by atoms with Gasteiger partial charge in [0.1, 0.15) is 12.4 Å². The number of hydrogen-bond acceptors (Lipinski definition) is 5. The van der Waals surface area contributed by atoms with Crippen LogP contribution < -0.4 is 16.4 Å². The number of nitrogens with zero attached hydrogens (tertiary/aromatic N) is 2. The van der Waals surface area contributed by atoms with E-state index >= 15 is 0 Å². The van der Waals surface area contributed by atoms with Crippen LogP contribution in [0.5, 0.6) is 0 Å². The quantitative estimate of drug-likeness (QED) is 0.577. The number of carbonyl (C=O) groups is 1. The van der Waals surface area contributed by atoms with E-state index in [2.05, 4.69) is 15.4 Å². The van der Waals surface area contributed by atoms with Gasteiger partial charge >= 0.3 is 0 Å². The van der Waals surface area contributed by atoms with Gasteiger partial charge in [-0.15, -0.1) is 0 Å². The van der Waals surface area contributed by atoms with Crippen molar-refractivity contribution in [3.05, 3.63) is 69.0 Å². The van der Waals surface area contributed by atoms with Gasteiger partial charge in [-0.2, -0.15) is 0 Å². The molecule has 9 heteroatoms. The van der Waals surface area contributed by atoms with Crippen molar-refractivity contribution in [2.45, 2.75) is 6.54 Å². The minimum Gasteiger partial charge on any atom is -0.300 e. The van der Waals surface area contributed by atoms with Gasteiger partial charge in [-0.05, 0) is 30.3 Å². The largest absolute Gasteiger partial charge is 0.300 e. The highest BCUT2D eigenvalue weighted by atomic mass is 32.1. The second-order valence-corrected chi connectivity index (χ2v) is 6.59. The van der Waals surface area contributed by atoms with Gasteiger partial charge in [0.15, 0.2) is 5.13 Å². The van der Waals surface area contributed by atoms with Gasteiger partial charge in [-0.1, -0.05) is 23.5 Å². The maximum atomic E-state index is 13.2. The lowest BCUT2D eigenvalue weighted by atomic mass is 10.2. The molecule has 7 nitrogen and oxygen atoms in total. The van der Waals surface area contributed by atoms with Crippen molar-refractivity contribution in [3.63, 3.8) is 0 Å². The van der Waals surface area contributed by atoms with Crippen LogP contribution in [0.3, 0.4) is 0 Å². The third kappa shape index (κ3) is 2.88. The van der Waals surface area contributed by atoms with Crippen LogP contribution in [0.15, 0.2) is 52.1 Å². The number of halogens is 1. The summed E-state index contributed by atoms with van der Waals surface area (Å²) in [7, 11) is 0. The molecular weight excluding hydrogens is 359 g/mol. The summed E-state index contributed by atoms with van der Waals surface area (Å²) in [6, 6.07) is 10.5. The van der Waals surface area contributed by atoms with Crippen molar-refractivity contribution >= 4 is 43.4 Å². The van der Waals surface area contributed by atoms with Crippen LogP contribution in [0.2, 0.25) is 0 Å². The molecule has 2 N–H and O–H groups in total. The Kier molecular flexibility index (Phi) is 3.85. The Morgan fingerprint density at radius 3 is 2.77 bits per heavy atom. The van der Waals surface area contributed by atoms with E-state index < -0.39 is 17.0 Å². The lowest BCUT2D eigenvalue weighted by Gasteiger charge is -2.06. The van der Waals surface area contributed by atoms with E-state index in [0.29, 0.717) is 10.2 Å². The van der Waals surface area contributed by atoms with Crippen LogP contribution in [-0.4, -0.2) is 20.7 Å². The molecule has 2 heterocycles. The normalized spacial score (nSPS) is 11.1. The highest BCUT2D eigenvalue weighted by Gasteiger charge is 2.12. The lowest BCUT2D eigenvalue weighted by molar-refractivity contribution is -0.117. The van der Waals surface area contributed by atoms with E-state index in [1.807, 2.05) is 0 Å². The summed E-state index contributed by atoms with van der Waals surface area (Å²) < 4.78 is 14.8. The molecule has 1 amide bonds. The molecule has 0 radical (unpaired) electrons. The number of anilines is 1. The molecule has 0 saturated heterocycles. The number of hydrogen-bond donors (Lipinski definition) is 2. The average Bonchev–Trinajstić information content (AvgIpc) is 3.00. The van der Waals surface area contributed by atoms with E-state index in [9.17, 15) is 18.8 Å². The minimum absolute atomic E-state index is 0.236. The number of rotatable bonds is 3. The van der Waals surface area contributed by atoms with E-state index in [1.54, 1.807) is 18.2 Å². The Labute approximate surface area is 148 Å². The third-order valence-electron chi connectivity index (χ3n) is 3.78. The van der Waals surface area contributed by atoms with E-state index in [4.69, 9.17) is 0 Å². The molecule has 2 aromatic heterocycles. The van der Waals surface area contributed by atoms with Crippen LogP contribution in [0.1, 0.15) is 0 Å². The molecule has 0 unspecified atom stereocenters. The molecule has 0 aliphatic carbocycles. The summed E-state index contributed by atoms with van der Waals surface area (Å²) in [4.78, 5) is 40.9. The van der Waals surface area contributed by atoms with Crippen molar-refractivity contribution in [1.29, 1.82) is 0 Å². The number of thiazole rings is 1. The first-order chi connectivity index (χ1) is 12.5. The van der Waals surface area contributed by atoms with Crippen molar-refractivity contribution in [2.75, 3.05) is 5.32 Å². The number of aromatic amines is 1. The monoisotopic (exact) mass is 370 g/mol. The highest BCUT2D eigenvalue weighted by Crippen LogP contribution is 2.26. The van der Waals surface area contributed by atoms with Gasteiger partial charge in [0.2, 0.25) is 5.91 Å². The molecular formula is C17H11FN4O3S. The minimum atomic E-state index is -0.530. The summed E-state index contributed by atoms with van der Waals surface area (Å²) in [5.74, 6) is -0.920. The second-order valence-electron chi connectivity index (χ2n) is 5.56. The maximum absolute atomic E-state index is 13.2. The highest BCUT2D eigenvalue weighted by molar-refractivity contribution is 7.22. The van der Waals surface area contributed by atoms with Crippen LogP contribution in [0, 0.1) is 5.82 Å². The first kappa shape index (κ1) is 16.2. The van der Waals surface area contributed by atoms with Gasteiger partial charge in [0, 0.05) is 0 Å². The second kappa shape index (κ2) is 6.19.